The van der Waals surface area contributed by atoms with Crippen molar-refractivity contribution in [3.8, 4) is 5.75 Å². The second-order valence-corrected chi connectivity index (χ2v) is 6.99. The Bertz CT molecular complexity index is 737. The lowest BCUT2D eigenvalue weighted by Crippen LogP contribution is -2.42. The lowest BCUT2D eigenvalue weighted by atomic mass is 10.3. The van der Waals surface area contributed by atoms with Crippen molar-refractivity contribution in [2.45, 2.75) is 26.4 Å². The number of benzene rings is 1. The van der Waals surface area contributed by atoms with Crippen molar-refractivity contribution in [2.24, 2.45) is 0 Å². The van der Waals surface area contributed by atoms with Gasteiger partial charge in [0, 0.05) is 37.6 Å². The number of hydrogen-bond donors (Lipinski definition) is 0. The predicted molar refractivity (Wildman–Crippen MR) is 96.8 cm³/mol. The highest BCUT2D eigenvalue weighted by molar-refractivity contribution is 7.13. The maximum atomic E-state index is 13.2. The minimum atomic E-state index is -0.643. The van der Waals surface area contributed by atoms with Crippen molar-refractivity contribution >= 4 is 22.4 Å². The fourth-order valence-electron chi connectivity index (χ4n) is 2.87. The molecule has 0 spiro atoms. The van der Waals surface area contributed by atoms with E-state index >= 15 is 0 Å². The first-order chi connectivity index (χ1) is 12.0. The van der Waals surface area contributed by atoms with Crippen molar-refractivity contribution in [1.29, 1.82) is 0 Å². The number of amides is 1. The van der Waals surface area contributed by atoms with Crippen molar-refractivity contribution in [2.75, 3.05) is 31.1 Å². The summed E-state index contributed by atoms with van der Waals surface area (Å²) in [7, 11) is 0. The molecular weight excluding hydrogens is 341 g/mol. The number of nitrogens with zero attached hydrogens (tertiary/aromatic N) is 3. The summed E-state index contributed by atoms with van der Waals surface area (Å²) in [6, 6.07) is 5.87. The molecule has 25 heavy (non-hydrogen) atoms. The molecule has 1 aliphatic rings. The van der Waals surface area contributed by atoms with Crippen LogP contribution in [-0.2, 0) is 4.79 Å². The largest absolute Gasteiger partial charge is 0.481 e. The molecule has 0 N–H and O–H groups in total. The first-order valence-corrected chi connectivity index (χ1v) is 9.29. The van der Waals surface area contributed by atoms with E-state index in [0.717, 1.165) is 30.3 Å². The zero-order valence-corrected chi connectivity index (χ0v) is 15.3. The highest BCUT2D eigenvalue weighted by Crippen LogP contribution is 2.22. The Morgan fingerprint density at radius 3 is 2.88 bits per heavy atom. The van der Waals surface area contributed by atoms with Crippen LogP contribution in [0.5, 0.6) is 5.75 Å². The zero-order valence-electron chi connectivity index (χ0n) is 14.4. The van der Waals surface area contributed by atoms with Gasteiger partial charge in [0.05, 0.1) is 5.69 Å². The van der Waals surface area contributed by atoms with Crippen LogP contribution in [0.2, 0.25) is 0 Å². The average molecular weight is 363 g/mol. The van der Waals surface area contributed by atoms with Crippen molar-refractivity contribution in [3.63, 3.8) is 0 Å². The smallest absolute Gasteiger partial charge is 0.263 e. The minimum absolute atomic E-state index is 0.0681. The van der Waals surface area contributed by atoms with Gasteiger partial charge < -0.3 is 14.5 Å². The predicted octanol–water partition coefficient (Wildman–Crippen LogP) is 3.10. The number of carbonyl (C=O) groups excluding carboxylic acids is 1. The van der Waals surface area contributed by atoms with Crippen LogP contribution >= 0.6 is 11.3 Å². The van der Waals surface area contributed by atoms with E-state index < -0.39 is 6.10 Å². The van der Waals surface area contributed by atoms with Gasteiger partial charge in [0.15, 0.2) is 11.2 Å². The minimum Gasteiger partial charge on any atom is -0.481 e. The monoisotopic (exact) mass is 363 g/mol. The van der Waals surface area contributed by atoms with E-state index in [1.165, 1.54) is 12.1 Å². The molecule has 2 heterocycles. The maximum absolute atomic E-state index is 13.2. The van der Waals surface area contributed by atoms with E-state index in [4.69, 9.17) is 4.74 Å². The standard InChI is InChI=1S/C18H22FN3O2S/c1-13-12-25-18(20-13)22-8-4-7-21(9-10-22)17(23)14(2)24-16-6-3-5-15(19)11-16/h3,5-6,11-12,14H,4,7-10H2,1-2H3. The lowest BCUT2D eigenvalue weighted by Gasteiger charge is -2.25. The summed E-state index contributed by atoms with van der Waals surface area (Å²) in [5.74, 6) is -0.0710. The molecule has 1 aromatic carbocycles. The Morgan fingerprint density at radius 1 is 1.32 bits per heavy atom. The van der Waals surface area contributed by atoms with Gasteiger partial charge in [-0.15, -0.1) is 11.3 Å². The van der Waals surface area contributed by atoms with E-state index in [0.29, 0.717) is 18.8 Å². The first kappa shape index (κ1) is 17.7. The van der Waals surface area contributed by atoms with Crippen LogP contribution in [0.4, 0.5) is 9.52 Å². The maximum Gasteiger partial charge on any atom is 0.263 e. The van der Waals surface area contributed by atoms with Crippen LogP contribution in [-0.4, -0.2) is 48.1 Å². The molecule has 134 valence electrons. The van der Waals surface area contributed by atoms with Crippen LogP contribution in [0.3, 0.4) is 0 Å². The summed E-state index contributed by atoms with van der Waals surface area (Å²) >= 11 is 1.64. The highest BCUT2D eigenvalue weighted by Gasteiger charge is 2.25. The van der Waals surface area contributed by atoms with Crippen molar-refractivity contribution < 1.29 is 13.9 Å². The number of aryl methyl sites for hydroxylation is 1. The Labute approximate surface area is 151 Å². The van der Waals surface area contributed by atoms with Crippen LogP contribution in [0.25, 0.3) is 0 Å². The number of hydrogen-bond acceptors (Lipinski definition) is 5. The Morgan fingerprint density at radius 2 is 2.16 bits per heavy atom. The van der Waals surface area contributed by atoms with Gasteiger partial charge >= 0.3 is 0 Å². The van der Waals surface area contributed by atoms with Gasteiger partial charge in [0.2, 0.25) is 0 Å². The summed E-state index contributed by atoms with van der Waals surface area (Å²) < 4.78 is 18.9. The molecule has 1 amide bonds. The van der Waals surface area contributed by atoms with E-state index in [1.54, 1.807) is 30.4 Å². The van der Waals surface area contributed by atoms with Gasteiger partial charge in [-0.25, -0.2) is 9.37 Å². The molecule has 2 aromatic rings. The SMILES string of the molecule is Cc1csc(N2CCCN(C(=O)C(C)Oc3cccc(F)c3)CC2)n1. The second-order valence-electron chi connectivity index (χ2n) is 6.15. The molecule has 1 atom stereocenters. The van der Waals surface area contributed by atoms with E-state index in [1.807, 2.05) is 17.2 Å². The fraction of sp³-hybridized carbons (Fsp3) is 0.444. The Kier molecular flexibility index (Phi) is 5.53. The number of thiazole rings is 1. The van der Waals surface area contributed by atoms with E-state index in [9.17, 15) is 9.18 Å². The molecule has 1 aliphatic heterocycles. The molecule has 5 nitrogen and oxygen atoms in total. The molecule has 0 bridgehead atoms. The van der Waals surface area contributed by atoms with Crippen LogP contribution in [0, 0.1) is 12.7 Å². The van der Waals surface area contributed by atoms with Gasteiger partial charge in [0.1, 0.15) is 11.6 Å². The summed E-state index contributed by atoms with van der Waals surface area (Å²) in [6.07, 6.45) is 0.243. The number of carbonyl (C=O) groups is 1. The average Bonchev–Trinajstić information content (AvgIpc) is 2.87. The molecule has 3 rings (SSSR count). The lowest BCUT2D eigenvalue weighted by molar-refractivity contribution is -0.137. The highest BCUT2D eigenvalue weighted by atomic mass is 32.1. The molecule has 7 heteroatoms. The number of ether oxygens (including phenoxy) is 1. The van der Waals surface area contributed by atoms with Crippen molar-refractivity contribution in [3.05, 3.63) is 41.2 Å². The summed E-state index contributed by atoms with van der Waals surface area (Å²) in [5.41, 5.74) is 1.02. The third-order valence-electron chi connectivity index (χ3n) is 4.14. The number of halogens is 1. The van der Waals surface area contributed by atoms with E-state index in [2.05, 4.69) is 9.88 Å². The molecule has 1 unspecified atom stereocenters. The number of aromatic nitrogens is 1. The van der Waals surface area contributed by atoms with Gasteiger partial charge in [0.25, 0.3) is 5.91 Å². The zero-order chi connectivity index (χ0) is 17.8. The van der Waals surface area contributed by atoms with Gasteiger partial charge in [-0.2, -0.15) is 0 Å². The topological polar surface area (TPSA) is 45.7 Å². The normalized spacial score (nSPS) is 16.4. The number of rotatable bonds is 4. The summed E-state index contributed by atoms with van der Waals surface area (Å²) in [5, 5.41) is 3.05. The Balaban J connectivity index is 1.58. The molecule has 0 aliphatic carbocycles. The first-order valence-electron chi connectivity index (χ1n) is 8.41. The molecule has 0 radical (unpaired) electrons. The van der Waals surface area contributed by atoms with E-state index in [-0.39, 0.29) is 11.7 Å². The third kappa shape index (κ3) is 4.48. The molecule has 1 saturated heterocycles. The fourth-order valence-corrected chi connectivity index (χ4v) is 3.72. The van der Waals surface area contributed by atoms with Gasteiger partial charge in [-0.05, 0) is 32.4 Å². The van der Waals surface area contributed by atoms with Crippen molar-refractivity contribution in [1.82, 2.24) is 9.88 Å². The quantitative estimate of drug-likeness (QED) is 0.837. The van der Waals surface area contributed by atoms with Crippen LogP contribution in [0.15, 0.2) is 29.6 Å². The molecule has 1 fully saturated rings. The second kappa shape index (κ2) is 7.82. The third-order valence-corrected chi connectivity index (χ3v) is 5.16. The van der Waals surface area contributed by atoms with Gasteiger partial charge in [-0.3, -0.25) is 4.79 Å². The van der Waals surface area contributed by atoms with Gasteiger partial charge in [-0.1, -0.05) is 6.07 Å². The number of anilines is 1. The molecule has 1 aromatic heterocycles. The summed E-state index contributed by atoms with van der Waals surface area (Å²) in [4.78, 5) is 21.2. The summed E-state index contributed by atoms with van der Waals surface area (Å²) in [6.45, 7) is 6.66. The molecular formula is C18H22FN3O2S. The van der Waals surface area contributed by atoms with Crippen LogP contribution in [0.1, 0.15) is 19.0 Å². The Hall–Kier alpha value is -2.15. The molecule has 0 saturated carbocycles. The van der Waals surface area contributed by atoms with Crippen LogP contribution < -0.4 is 9.64 Å².